The van der Waals surface area contributed by atoms with Crippen molar-refractivity contribution in [2.24, 2.45) is 51.8 Å². The highest BCUT2D eigenvalue weighted by Gasteiger charge is 2.19. The normalized spacial score (nSPS) is 15.3. The lowest BCUT2D eigenvalue weighted by Gasteiger charge is -2.33. The molecule has 0 bridgehead atoms. The average Bonchev–Trinajstić information content (AvgIpc) is 3.92. The van der Waals surface area contributed by atoms with Gasteiger partial charge in [0.25, 0.3) is 0 Å². The molecule has 21 nitrogen and oxygen atoms in total. The summed E-state index contributed by atoms with van der Waals surface area (Å²) in [7, 11) is 2.09. The maximum atomic E-state index is 11.0. The van der Waals surface area contributed by atoms with Crippen molar-refractivity contribution in [1.29, 1.82) is 0 Å². The highest BCUT2D eigenvalue weighted by atomic mass is 16.5. The number of aliphatic hydroxyl groups excluding tert-OH is 4. The number of hydrogen-bond acceptors (Lipinski definition) is 20. The molecule has 21 heteroatoms. The van der Waals surface area contributed by atoms with E-state index < -0.39 is 0 Å². The van der Waals surface area contributed by atoms with Gasteiger partial charge in [-0.25, -0.2) is 0 Å². The number of rotatable bonds is 33. The number of aliphatic hydroxyl groups is 4. The number of piperidine rings is 1. The van der Waals surface area contributed by atoms with Crippen molar-refractivity contribution in [3.63, 3.8) is 0 Å². The number of carbonyl (C=O) groups excluding carboxylic acids is 1. The molecule has 3 fully saturated rings. The Kier molecular flexibility index (Phi) is 65.9. The molecule has 20 N–H and O–H groups in total. The topological polar surface area (TPSA) is 348 Å². The van der Waals surface area contributed by atoms with Crippen LogP contribution in [0.25, 0.3) is 0 Å². The second-order valence-electron chi connectivity index (χ2n) is 21.2. The molecule has 0 radical (unpaired) electrons. The molecule has 2 aromatic rings. The molecule has 1 amide bonds. The first kappa shape index (κ1) is 84.2. The van der Waals surface area contributed by atoms with Crippen LogP contribution in [0.2, 0.25) is 0 Å². The van der Waals surface area contributed by atoms with Crippen LogP contribution in [0.3, 0.4) is 0 Å². The minimum absolute atomic E-state index is 0.143. The Morgan fingerprint density at radius 2 is 1.20 bits per heavy atom. The smallest absolute Gasteiger partial charge is 0.222 e. The number of para-hydroxylation sites is 1. The fraction of sp³-hybridized carbons (Fsp3) is 0.806. The first-order valence-corrected chi connectivity index (χ1v) is 31.8. The summed E-state index contributed by atoms with van der Waals surface area (Å²) in [4.78, 5) is 28.5. The quantitative estimate of drug-likeness (QED) is 0.0488. The van der Waals surface area contributed by atoms with E-state index >= 15 is 0 Å². The molecule has 3 aliphatic rings. The van der Waals surface area contributed by atoms with E-state index in [2.05, 4.69) is 71.5 Å². The molecule has 1 aromatic heterocycles. The van der Waals surface area contributed by atoms with Crippen LogP contribution in [-0.2, 0) is 16.0 Å². The maximum Gasteiger partial charge on any atom is 0.222 e. The number of benzene rings is 1. The average molecular weight is 1180 g/mol. The van der Waals surface area contributed by atoms with Crippen LogP contribution in [0.5, 0.6) is 0 Å². The van der Waals surface area contributed by atoms with Gasteiger partial charge in [0.1, 0.15) is 0 Å². The number of hydrogen-bond donors (Lipinski definition) is 12. The summed E-state index contributed by atoms with van der Waals surface area (Å²) >= 11 is 0. The van der Waals surface area contributed by atoms with Crippen LogP contribution in [0, 0.1) is 5.92 Å². The van der Waals surface area contributed by atoms with E-state index in [9.17, 15) is 4.79 Å². The Hall–Kier alpha value is -3.04. The summed E-state index contributed by atoms with van der Waals surface area (Å²) in [6.45, 7) is 30.4. The zero-order chi connectivity index (χ0) is 62.4. The highest BCUT2D eigenvalue weighted by molar-refractivity contribution is 5.78. The number of carbonyl (C=O) groups is 1. The molecule has 3 saturated heterocycles. The standard InChI is InChI=1S/C10H16N2.C9H20N2.C9H22N2.C7H18N2O2.C7H14N2O.C7H10N2.C7H17NO2.C6H14N2O/c1-12(9-5-8-11)10-6-3-2-4-7-10;1-9-5-2-3-7-11(9)8-4-6-10;1-4-11(5-2)8-6-7-9(3)10;8-2-1-3-9(4-6-10)5-7-11;8-4-2-6-9-5-1-3-7(9)10;8-5-4-7-3-1-2-6-9-7;8-4-1-7(2-5-9)3-6-10;7-1-2-8-3-5-9-6-4-8/h2-4,6-7H,5,8-9,11H2,1H3;9H,2-8,10H2,1H3;9H,4-8,10H2,1-3H3;10-11H,1-8H2;1-6,8H2;1-3,6H,4-5,8H2;7,9-10H,1-6,8H2;1-7H2. The number of nitrogens with zero attached hydrogens (tertiary/aromatic N) is 7. The number of anilines is 1. The number of nitrogens with two attached hydrogens (primary N) is 8. The predicted molar refractivity (Wildman–Crippen MR) is 350 cm³/mol. The third-order valence-corrected chi connectivity index (χ3v) is 14.2. The van der Waals surface area contributed by atoms with Gasteiger partial charge in [0, 0.05) is 122 Å². The van der Waals surface area contributed by atoms with E-state index in [1.165, 1.54) is 51.0 Å². The van der Waals surface area contributed by atoms with Crippen LogP contribution >= 0.6 is 0 Å². The molecule has 490 valence electrons. The molecule has 83 heavy (non-hydrogen) atoms. The highest BCUT2D eigenvalue weighted by Crippen LogP contribution is 2.16. The van der Waals surface area contributed by atoms with Crippen molar-refractivity contribution in [3.05, 3.63) is 60.4 Å². The number of morpholine rings is 1. The molecule has 3 aliphatic heterocycles. The van der Waals surface area contributed by atoms with E-state index in [0.717, 1.165) is 174 Å². The van der Waals surface area contributed by atoms with Crippen LogP contribution < -0.4 is 50.8 Å². The molecule has 0 saturated carbocycles. The second-order valence-corrected chi connectivity index (χ2v) is 21.2. The van der Waals surface area contributed by atoms with Crippen molar-refractivity contribution in [1.82, 2.24) is 29.5 Å². The van der Waals surface area contributed by atoms with Gasteiger partial charge in [-0.05, 0) is 200 Å². The van der Waals surface area contributed by atoms with Gasteiger partial charge in [0.05, 0.1) is 26.4 Å². The Morgan fingerprint density at radius 1 is 0.614 bits per heavy atom. The van der Waals surface area contributed by atoms with Crippen LogP contribution in [0.4, 0.5) is 5.69 Å². The van der Waals surface area contributed by atoms with Crippen LogP contribution in [-0.4, -0.2) is 252 Å². The Balaban J connectivity index is -0.000000882. The Labute approximate surface area is 506 Å². The van der Waals surface area contributed by atoms with Crippen LogP contribution in [0.15, 0.2) is 54.7 Å². The van der Waals surface area contributed by atoms with Gasteiger partial charge in [-0.2, -0.15) is 0 Å². The lowest BCUT2D eigenvalue weighted by Crippen LogP contribution is -2.39. The van der Waals surface area contributed by atoms with E-state index in [1.807, 2.05) is 46.2 Å². The van der Waals surface area contributed by atoms with E-state index in [-0.39, 0.29) is 26.4 Å². The molecule has 5 rings (SSSR count). The Bertz CT molecular complexity index is 1540. The lowest BCUT2D eigenvalue weighted by molar-refractivity contribution is -0.127. The molecule has 2 atom stereocenters. The predicted octanol–water partition coefficient (Wildman–Crippen LogP) is 2.29. The van der Waals surface area contributed by atoms with Crippen LogP contribution in [0.1, 0.15) is 123 Å². The van der Waals surface area contributed by atoms with E-state index in [4.69, 9.17) is 71.0 Å². The summed E-state index contributed by atoms with van der Waals surface area (Å²) in [6, 6.07) is 17.4. The molecule has 2 unspecified atom stereocenters. The SMILES string of the molecule is CC1CCCCN1CCCN.CCN(CC)CCCC(C)N.CN(CCCN)c1ccccc1.NCCC(CCO)CCO.NCCCN(CCO)CCO.NCCCN1CCCC1=O.NCCN1CCOCC1.NCCc1ccccn1. The fourth-order valence-electron chi connectivity index (χ4n) is 8.99. The number of likely N-dealkylation sites (tertiary alicyclic amines) is 2. The maximum absolute atomic E-state index is 11.0. The molecule has 0 aliphatic carbocycles. The number of pyridine rings is 1. The van der Waals surface area contributed by atoms with Gasteiger partial charge >= 0.3 is 0 Å². The third-order valence-electron chi connectivity index (χ3n) is 14.2. The van der Waals surface area contributed by atoms with Crippen molar-refractivity contribution >= 4 is 11.6 Å². The zero-order valence-corrected chi connectivity index (χ0v) is 53.5. The summed E-state index contributed by atoms with van der Waals surface area (Å²) in [5.41, 5.74) is 45.5. The summed E-state index contributed by atoms with van der Waals surface area (Å²) in [5, 5.41) is 34.4. The summed E-state index contributed by atoms with van der Waals surface area (Å²) in [5.74, 6) is 0.702. The summed E-state index contributed by atoms with van der Waals surface area (Å²) < 4.78 is 5.16. The van der Waals surface area contributed by atoms with Gasteiger partial charge in [-0.15, -0.1) is 0 Å². The third kappa shape index (κ3) is 54.1. The van der Waals surface area contributed by atoms with Gasteiger partial charge in [0.15, 0.2) is 0 Å². The fourth-order valence-corrected chi connectivity index (χ4v) is 8.99. The molecular weight excluding hydrogens is 1050 g/mol. The number of ether oxygens (including phenoxy) is 1. The largest absolute Gasteiger partial charge is 0.396 e. The minimum atomic E-state index is 0.143. The molecule has 0 spiro atoms. The van der Waals surface area contributed by atoms with Crippen molar-refractivity contribution in [2.75, 3.05) is 189 Å². The second kappa shape index (κ2) is 64.9. The van der Waals surface area contributed by atoms with Gasteiger partial charge in [-0.1, -0.05) is 44.5 Å². The zero-order valence-electron chi connectivity index (χ0n) is 53.5. The van der Waals surface area contributed by atoms with E-state index in [0.29, 0.717) is 57.1 Å². The van der Waals surface area contributed by atoms with Crippen molar-refractivity contribution in [2.45, 2.75) is 136 Å². The van der Waals surface area contributed by atoms with Gasteiger partial charge in [-0.3, -0.25) is 19.6 Å². The minimum Gasteiger partial charge on any atom is -0.396 e. The summed E-state index contributed by atoms with van der Waals surface area (Å²) in [6.07, 6.45) is 17.5. The lowest BCUT2D eigenvalue weighted by atomic mass is 9.99. The van der Waals surface area contributed by atoms with E-state index in [1.54, 1.807) is 6.20 Å². The van der Waals surface area contributed by atoms with Gasteiger partial charge < -0.3 is 90.6 Å². The first-order chi connectivity index (χ1) is 40.3. The van der Waals surface area contributed by atoms with Crippen molar-refractivity contribution in [3.8, 4) is 0 Å². The molecular formula is C62H131N15O6. The molecule has 4 heterocycles. The first-order valence-electron chi connectivity index (χ1n) is 31.8. The van der Waals surface area contributed by atoms with Crippen molar-refractivity contribution < 1.29 is 30.0 Å². The molecule has 1 aromatic carbocycles. The Morgan fingerprint density at radius 3 is 1.69 bits per heavy atom. The number of amides is 1. The van der Waals surface area contributed by atoms with Gasteiger partial charge in [0.2, 0.25) is 5.91 Å². The monoisotopic (exact) mass is 1180 g/mol. The number of aromatic nitrogens is 1.